The van der Waals surface area contributed by atoms with Crippen molar-refractivity contribution >= 4 is 23.5 Å². The number of esters is 1. The van der Waals surface area contributed by atoms with Crippen LogP contribution in [0.3, 0.4) is 0 Å². The Balaban J connectivity index is 1.58. The molecular weight excluding hydrogens is 434 g/mol. The van der Waals surface area contributed by atoms with Gasteiger partial charge in [0.05, 0.1) is 12.7 Å². The molecule has 0 saturated heterocycles. The van der Waals surface area contributed by atoms with E-state index in [1.165, 1.54) is 13.4 Å². The van der Waals surface area contributed by atoms with Crippen molar-refractivity contribution < 1.29 is 19.1 Å². The summed E-state index contributed by atoms with van der Waals surface area (Å²) in [5.74, 6) is 0.946. The predicted octanol–water partition coefficient (Wildman–Crippen LogP) is 3.52. The van der Waals surface area contributed by atoms with Gasteiger partial charge in [-0.25, -0.2) is 9.97 Å². The van der Waals surface area contributed by atoms with Gasteiger partial charge < -0.3 is 26.3 Å². The molecule has 34 heavy (non-hydrogen) atoms. The Morgan fingerprint density at radius 1 is 1.06 bits per heavy atom. The van der Waals surface area contributed by atoms with Gasteiger partial charge in [-0.3, -0.25) is 9.59 Å². The van der Waals surface area contributed by atoms with Crippen molar-refractivity contribution in [1.82, 2.24) is 9.97 Å². The average molecular weight is 462 g/mol. The average Bonchev–Trinajstić information content (AvgIpc) is 2.85. The normalized spacial score (nSPS) is 19.7. The Bertz CT molecular complexity index is 1170. The maximum absolute atomic E-state index is 12.4. The number of rotatable bonds is 7. The molecule has 1 aliphatic carbocycles. The van der Waals surface area contributed by atoms with Crippen LogP contribution in [0, 0.1) is 5.41 Å². The quantitative estimate of drug-likeness (QED) is 0.358. The van der Waals surface area contributed by atoms with E-state index in [4.69, 9.17) is 20.9 Å². The molecule has 1 aliphatic rings. The summed E-state index contributed by atoms with van der Waals surface area (Å²) in [6.07, 6.45) is 3.31. The van der Waals surface area contributed by atoms with Crippen LogP contribution >= 0.6 is 0 Å². The Labute approximate surface area is 197 Å². The molecular formula is C25H27N5O4. The molecule has 1 aromatic heterocycles. The summed E-state index contributed by atoms with van der Waals surface area (Å²) in [4.78, 5) is 33.2. The third-order valence-corrected chi connectivity index (χ3v) is 6.14. The molecule has 3 aromatic rings. The predicted molar refractivity (Wildman–Crippen MR) is 128 cm³/mol. The van der Waals surface area contributed by atoms with Gasteiger partial charge >= 0.3 is 5.97 Å². The molecule has 0 aliphatic heterocycles. The van der Waals surface area contributed by atoms with Gasteiger partial charge in [-0.05, 0) is 55.5 Å². The van der Waals surface area contributed by atoms with Crippen LogP contribution in [0.1, 0.15) is 25.7 Å². The first-order chi connectivity index (χ1) is 16.4. The SMILES string of the molecule is COC(=O)[C@]1(C(N)=O)CCC[C@H](Nc2ncnc(N)c2-c2ccc(Oc3ccccc3)cc2)C1. The Kier molecular flexibility index (Phi) is 6.62. The second-order valence-electron chi connectivity index (χ2n) is 8.30. The van der Waals surface area contributed by atoms with Crippen molar-refractivity contribution in [2.24, 2.45) is 11.1 Å². The first kappa shape index (κ1) is 23.0. The molecule has 0 bridgehead atoms. The number of primary amides is 1. The van der Waals surface area contributed by atoms with Crippen LogP contribution in [-0.4, -0.2) is 35.0 Å². The summed E-state index contributed by atoms with van der Waals surface area (Å²) in [6, 6.07) is 16.7. The van der Waals surface area contributed by atoms with Crippen LogP contribution in [0.2, 0.25) is 0 Å². The highest BCUT2D eigenvalue weighted by molar-refractivity contribution is 6.02. The number of carbonyl (C=O) groups is 2. The molecule has 2 aromatic carbocycles. The molecule has 0 spiro atoms. The standard InChI is InChI=1S/C25H27N5O4/c1-33-24(32)25(23(27)31)13-5-6-17(14-25)30-22-20(21(26)28-15-29-22)16-9-11-19(12-10-16)34-18-7-3-2-4-8-18/h2-4,7-12,15,17H,5-6,13-14H2,1H3,(H2,27,31)(H3,26,28,29,30)/t17-,25+/m0/s1. The number of amides is 1. The molecule has 0 radical (unpaired) electrons. The smallest absolute Gasteiger partial charge is 0.321 e. The van der Waals surface area contributed by atoms with Gasteiger partial charge in [-0.2, -0.15) is 0 Å². The summed E-state index contributed by atoms with van der Waals surface area (Å²) >= 11 is 0. The number of hydrogen-bond donors (Lipinski definition) is 3. The fourth-order valence-electron chi connectivity index (χ4n) is 4.40. The molecule has 4 rings (SSSR count). The molecule has 9 nitrogen and oxygen atoms in total. The van der Waals surface area contributed by atoms with E-state index >= 15 is 0 Å². The van der Waals surface area contributed by atoms with E-state index < -0.39 is 17.3 Å². The summed E-state index contributed by atoms with van der Waals surface area (Å²) < 4.78 is 10.8. The van der Waals surface area contributed by atoms with Crippen LogP contribution < -0.4 is 21.5 Å². The zero-order chi connectivity index (χ0) is 24.1. The molecule has 2 atom stereocenters. The maximum Gasteiger partial charge on any atom is 0.321 e. The van der Waals surface area contributed by atoms with Crippen molar-refractivity contribution in [2.75, 3.05) is 18.2 Å². The van der Waals surface area contributed by atoms with Gasteiger partial charge in [0, 0.05) is 6.04 Å². The van der Waals surface area contributed by atoms with Crippen LogP contribution in [0.15, 0.2) is 60.9 Å². The number of para-hydroxylation sites is 1. The third-order valence-electron chi connectivity index (χ3n) is 6.14. The lowest BCUT2D eigenvalue weighted by molar-refractivity contribution is -0.160. The highest BCUT2D eigenvalue weighted by Gasteiger charge is 2.49. The number of carbonyl (C=O) groups excluding carboxylic acids is 2. The number of nitrogens with zero attached hydrogens (tertiary/aromatic N) is 2. The number of aromatic nitrogens is 2. The van der Waals surface area contributed by atoms with Crippen molar-refractivity contribution in [3.63, 3.8) is 0 Å². The van der Waals surface area contributed by atoms with E-state index in [0.29, 0.717) is 35.8 Å². The molecule has 176 valence electrons. The Morgan fingerprint density at radius 2 is 1.76 bits per heavy atom. The van der Waals surface area contributed by atoms with E-state index in [2.05, 4.69) is 15.3 Å². The van der Waals surface area contributed by atoms with Gasteiger partial charge in [0.2, 0.25) is 5.91 Å². The minimum Gasteiger partial charge on any atom is -0.468 e. The summed E-state index contributed by atoms with van der Waals surface area (Å²) in [7, 11) is 1.26. The lowest BCUT2D eigenvalue weighted by atomic mass is 9.71. The first-order valence-electron chi connectivity index (χ1n) is 11.0. The van der Waals surface area contributed by atoms with Gasteiger partial charge in [-0.1, -0.05) is 30.3 Å². The van der Waals surface area contributed by atoms with E-state index in [1.54, 1.807) is 0 Å². The van der Waals surface area contributed by atoms with E-state index in [1.807, 2.05) is 54.6 Å². The zero-order valence-electron chi connectivity index (χ0n) is 18.9. The van der Waals surface area contributed by atoms with Gasteiger partial charge in [-0.15, -0.1) is 0 Å². The molecule has 9 heteroatoms. The number of nitrogens with two attached hydrogens (primary N) is 2. The fraction of sp³-hybridized carbons (Fsp3) is 0.280. The van der Waals surface area contributed by atoms with E-state index in [9.17, 15) is 9.59 Å². The highest BCUT2D eigenvalue weighted by Crippen LogP contribution is 2.40. The minimum absolute atomic E-state index is 0.211. The van der Waals surface area contributed by atoms with Crippen molar-refractivity contribution in [2.45, 2.75) is 31.7 Å². The van der Waals surface area contributed by atoms with Crippen LogP contribution in [0.4, 0.5) is 11.6 Å². The van der Waals surface area contributed by atoms with Crippen LogP contribution in [0.25, 0.3) is 11.1 Å². The summed E-state index contributed by atoms with van der Waals surface area (Å²) in [5.41, 5.74) is 11.9. The number of nitrogen functional groups attached to an aromatic ring is 1. The number of ether oxygens (including phenoxy) is 2. The molecule has 1 saturated carbocycles. The van der Waals surface area contributed by atoms with Gasteiger partial charge in [0.25, 0.3) is 0 Å². The Morgan fingerprint density at radius 3 is 2.44 bits per heavy atom. The molecule has 0 unspecified atom stereocenters. The van der Waals surface area contributed by atoms with E-state index in [0.717, 1.165) is 17.7 Å². The van der Waals surface area contributed by atoms with Crippen molar-refractivity contribution in [1.29, 1.82) is 0 Å². The largest absolute Gasteiger partial charge is 0.468 e. The molecule has 5 N–H and O–H groups in total. The maximum atomic E-state index is 12.4. The summed E-state index contributed by atoms with van der Waals surface area (Å²) in [6.45, 7) is 0. The topological polar surface area (TPSA) is 142 Å². The van der Waals surface area contributed by atoms with Crippen molar-refractivity contribution in [3.8, 4) is 22.6 Å². The number of hydrogen-bond acceptors (Lipinski definition) is 8. The number of nitrogens with one attached hydrogen (secondary N) is 1. The fourth-order valence-corrected chi connectivity index (χ4v) is 4.40. The number of benzene rings is 2. The monoisotopic (exact) mass is 461 g/mol. The second kappa shape index (κ2) is 9.78. The van der Waals surface area contributed by atoms with Gasteiger partial charge in [0.1, 0.15) is 34.9 Å². The third kappa shape index (κ3) is 4.63. The van der Waals surface area contributed by atoms with Gasteiger partial charge in [0.15, 0.2) is 0 Å². The number of anilines is 2. The molecule has 1 fully saturated rings. The van der Waals surface area contributed by atoms with Crippen molar-refractivity contribution in [3.05, 3.63) is 60.9 Å². The molecule has 1 heterocycles. The first-order valence-corrected chi connectivity index (χ1v) is 11.0. The lowest BCUT2D eigenvalue weighted by Gasteiger charge is -2.36. The second-order valence-corrected chi connectivity index (χ2v) is 8.30. The molecule has 1 amide bonds. The van der Waals surface area contributed by atoms with E-state index in [-0.39, 0.29) is 12.5 Å². The highest BCUT2D eigenvalue weighted by atomic mass is 16.5. The number of methoxy groups -OCH3 is 1. The minimum atomic E-state index is -1.36. The zero-order valence-corrected chi connectivity index (χ0v) is 18.9. The van der Waals surface area contributed by atoms with Crippen LogP contribution in [0.5, 0.6) is 11.5 Å². The van der Waals surface area contributed by atoms with Crippen LogP contribution in [-0.2, 0) is 14.3 Å². The lowest BCUT2D eigenvalue weighted by Crippen LogP contribution is -2.50. The summed E-state index contributed by atoms with van der Waals surface area (Å²) in [5, 5.41) is 3.35. The Hall–Kier alpha value is -4.14.